The molecular weight excluding hydrogens is 577 g/mol. The van der Waals surface area contributed by atoms with Gasteiger partial charge >= 0.3 is 0 Å². The molecule has 0 aliphatic carbocycles. The molecule has 31 heavy (non-hydrogen) atoms. The minimum absolute atomic E-state index is 0.195. The van der Waals surface area contributed by atoms with Gasteiger partial charge in [0.2, 0.25) is 0 Å². The second-order valence-electron chi connectivity index (χ2n) is 6.04. The Hall–Kier alpha value is -2.02. The standard InChI is InChI=1S/C18H3BBr2F10/c20-4-2-1-3-5(21)6(4)19(7-9(22)13(26)17(30)14(27)10(7)23)8-11(24)15(28)18(31)16(29)12(8)25/h1-3H. The monoisotopic (exact) mass is 578 g/mol. The molecule has 3 aromatic carbocycles. The summed E-state index contributed by atoms with van der Waals surface area (Å²) in [5, 5.41) is 0. The van der Waals surface area contributed by atoms with Gasteiger partial charge < -0.3 is 0 Å². The second-order valence-corrected chi connectivity index (χ2v) is 7.74. The molecule has 0 aliphatic rings. The molecule has 3 rings (SSSR count). The Kier molecular flexibility index (Phi) is 6.48. The van der Waals surface area contributed by atoms with Gasteiger partial charge in [0.15, 0.2) is 58.2 Å². The molecule has 0 spiro atoms. The summed E-state index contributed by atoms with van der Waals surface area (Å²) in [6.45, 7) is -2.64. The van der Waals surface area contributed by atoms with Crippen LogP contribution in [-0.2, 0) is 0 Å². The quantitative estimate of drug-likeness (QED) is 0.175. The van der Waals surface area contributed by atoms with Gasteiger partial charge in [-0.2, -0.15) is 0 Å². The molecule has 0 amide bonds. The Morgan fingerprint density at radius 2 is 0.677 bits per heavy atom. The van der Waals surface area contributed by atoms with Crippen molar-refractivity contribution >= 4 is 55.0 Å². The van der Waals surface area contributed by atoms with Crippen molar-refractivity contribution < 1.29 is 43.9 Å². The van der Waals surface area contributed by atoms with E-state index in [0.29, 0.717) is 0 Å². The van der Waals surface area contributed by atoms with Gasteiger partial charge in [-0.05, 0) is 17.6 Å². The zero-order valence-electron chi connectivity index (χ0n) is 14.3. The van der Waals surface area contributed by atoms with E-state index in [1.54, 1.807) is 0 Å². The predicted molar refractivity (Wildman–Crippen MR) is 99.0 cm³/mol. The first-order valence-corrected chi connectivity index (χ1v) is 9.46. The normalized spacial score (nSPS) is 11.2. The Labute approximate surface area is 184 Å². The lowest BCUT2D eigenvalue weighted by Crippen LogP contribution is -2.59. The van der Waals surface area contributed by atoms with Crippen LogP contribution in [0.5, 0.6) is 0 Å². The van der Waals surface area contributed by atoms with Gasteiger partial charge in [-0.15, -0.1) is 0 Å². The van der Waals surface area contributed by atoms with E-state index in [1.807, 2.05) is 0 Å². The third-order valence-electron chi connectivity index (χ3n) is 4.35. The van der Waals surface area contributed by atoms with Crippen molar-refractivity contribution in [1.82, 2.24) is 0 Å². The zero-order valence-corrected chi connectivity index (χ0v) is 17.5. The number of hydrogen-bond acceptors (Lipinski definition) is 0. The number of rotatable bonds is 3. The maximum absolute atomic E-state index is 14.6. The topological polar surface area (TPSA) is 0 Å². The summed E-state index contributed by atoms with van der Waals surface area (Å²) in [6.07, 6.45) is 0. The van der Waals surface area contributed by atoms with Crippen LogP contribution in [0.25, 0.3) is 0 Å². The molecule has 0 saturated heterocycles. The SMILES string of the molecule is Fc1c(F)c(F)c(B(c2c(Br)cccc2Br)c2c(F)c(F)c(F)c(F)c2F)c(F)c1F. The Balaban J connectivity index is 2.59. The predicted octanol–water partition coefficient (Wildman–Crippen LogP) is 5.12. The van der Waals surface area contributed by atoms with Crippen LogP contribution in [0.3, 0.4) is 0 Å². The van der Waals surface area contributed by atoms with Crippen LogP contribution in [0.4, 0.5) is 43.9 Å². The third-order valence-corrected chi connectivity index (χ3v) is 5.74. The first kappa shape index (κ1) is 23.6. The fourth-order valence-corrected chi connectivity index (χ4v) is 4.43. The molecular formula is C18H3BBr2F10. The van der Waals surface area contributed by atoms with Crippen molar-refractivity contribution in [2.45, 2.75) is 0 Å². The molecule has 0 saturated carbocycles. The first-order chi connectivity index (χ1) is 14.4. The highest BCUT2D eigenvalue weighted by Gasteiger charge is 2.42. The van der Waals surface area contributed by atoms with E-state index in [2.05, 4.69) is 31.9 Å². The average Bonchev–Trinajstić information content (AvgIpc) is 2.73. The van der Waals surface area contributed by atoms with E-state index in [9.17, 15) is 43.9 Å². The van der Waals surface area contributed by atoms with Gasteiger partial charge in [-0.3, -0.25) is 0 Å². The maximum atomic E-state index is 14.6. The summed E-state index contributed by atoms with van der Waals surface area (Å²) in [6, 6.07) is 3.63. The van der Waals surface area contributed by atoms with Crippen molar-refractivity contribution in [3.8, 4) is 0 Å². The van der Waals surface area contributed by atoms with Gasteiger partial charge in [-0.1, -0.05) is 37.9 Å². The lowest BCUT2D eigenvalue weighted by atomic mass is 9.36. The Morgan fingerprint density at radius 1 is 0.419 bits per heavy atom. The van der Waals surface area contributed by atoms with Crippen molar-refractivity contribution in [2.75, 3.05) is 0 Å². The summed E-state index contributed by atoms with van der Waals surface area (Å²) < 4.78 is 140. The minimum Gasteiger partial charge on any atom is -0.204 e. The fourth-order valence-electron chi connectivity index (χ4n) is 2.97. The molecule has 0 aliphatic heterocycles. The smallest absolute Gasteiger partial charge is 0.204 e. The Bertz CT molecular complexity index is 1080. The molecule has 0 bridgehead atoms. The van der Waals surface area contributed by atoms with Crippen molar-refractivity contribution in [2.24, 2.45) is 0 Å². The van der Waals surface area contributed by atoms with E-state index >= 15 is 0 Å². The van der Waals surface area contributed by atoms with Gasteiger partial charge in [0.05, 0.1) is 0 Å². The summed E-state index contributed by atoms with van der Waals surface area (Å²) in [7, 11) is 0. The van der Waals surface area contributed by atoms with Crippen molar-refractivity contribution in [3.05, 3.63) is 85.3 Å². The average molecular weight is 580 g/mol. The number of halogens is 12. The Morgan fingerprint density at radius 3 is 0.968 bits per heavy atom. The van der Waals surface area contributed by atoms with Crippen LogP contribution in [-0.4, -0.2) is 6.71 Å². The molecule has 13 heteroatoms. The van der Waals surface area contributed by atoms with Gasteiger partial charge in [0, 0.05) is 19.9 Å². The molecule has 0 nitrogen and oxygen atoms in total. The summed E-state index contributed by atoms with van der Waals surface area (Å²) >= 11 is 5.80. The van der Waals surface area contributed by atoms with Crippen molar-refractivity contribution in [1.29, 1.82) is 0 Å². The summed E-state index contributed by atoms with van der Waals surface area (Å²) in [5.74, 6) is -25.0. The lowest BCUT2D eigenvalue weighted by molar-refractivity contribution is 0.382. The molecule has 0 aromatic heterocycles. The van der Waals surface area contributed by atoms with Crippen molar-refractivity contribution in [3.63, 3.8) is 0 Å². The van der Waals surface area contributed by atoms with E-state index in [-0.39, 0.29) is 8.95 Å². The molecule has 0 fully saturated rings. The van der Waals surface area contributed by atoms with E-state index in [0.717, 1.165) is 12.1 Å². The van der Waals surface area contributed by atoms with Crippen LogP contribution in [0.1, 0.15) is 0 Å². The second kappa shape index (κ2) is 8.49. The number of hydrogen-bond donors (Lipinski definition) is 0. The van der Waals surface area contributed by atoms with Crippen LogP contribution in [0.15, 0.2) is 27.1 Å². The fraction of sp³-hybridized carbons (Fsp3) is 0. The van der Waals surface area contributed by atoms with Crippen LogP contribution < -0.4 is 16.4 Å². The van der Waals surface area contributed by atoms with E-state index in [1.165, 1.54) is 6.07 Å². The highest BCUT2D eigenvalue weighted by molar-refractivity contribution is 9.11. The maximum Gasteiger partial charge on any atom is 0.260 e. The highest BCUT2D eigenvalue weighted by atomic mass is 79.9. The van der Waals surface area contributed by atoms with E-state index < -0.39 is 81.3 Å². The molecule has 0 atom stereocenters. The molecule has 0 radical (unpaired) electrons. The highest BCUT2D eigenvalue weighted by Crippen LogP contribution is 2.23. The van der Waals surface area contributed by atoms with Crippen LogP contribution in [0, 0.1) is 58.2 Å². The lowest BCUT2D eigenvalue weighted by Gasteiger charge is -2.22. The largest absolute Gasteiger partial charge is 0.260 e. The van der Waals surface area contributed by atoms with Gasteiger partial charge in [0.1, 0.15) is 0 Å². The number of benzene rings is 3. The first-order valence-electron chi connectivity index (χ1n) is 7.88. The minimum atomic E-state index is -2.64. The van der Waals surface area contributed by atoms with E-state index in [4.69, 9.17) is 0 Å². The van der Waals surface area contributed by atoms with Gasteiger partial charge in [-0.25, -0.2) is 43.9 Å². The molecule has 0 heterocycles. The molecule has 162 valence electrons. The van der Waals surface area contributed by atoms with Gasteiger partial charge in [0.25, 0.3) is 6.71 Å². The van der Waals surface area contributed by atoms with Crippen LogP contribution in [0.2, 0.25) is 0 Å². The molecule has 0 unspecified atom stereocenters. The zero-order chi connectivity index (χ0) is 23.4. The molecule has 3 aromatic rings. The molecule has 0 N–H and O–H groups in total. The summed E-state index contributed by atoms with van der Waals surface area (Å²) in [5.41, 5.74) is -4.19. The third kappa shape index (κ3) is 3.65. The summed E-state index contributed by atoms with van der Waals surface area (Å²) in [4.78, 5) is 0. The van der Waals surface area contributed by atoms with Crippen LogP contribution >= 0.6 is 31.9 Å².